The zero-order valence-corrected chi connectivity index (χ0v) is 10.7. The van der Waals surface area contributed by atoms with Gasteiger partial charge in [0.2, 0.25) is 5.91 Å². The molecule has 0 aliphatic carbocycles. The monoisotopic (exact) mass is 225 g/mol. The second kappa shape index (κ2) is 4.34. The minimum atomic E-state index is -0.0155. The van der Waals surface area contributed by atoms with Gasteiger partial charge in [-0.05, 0) is 32.9 Å². The molecule has 1 N–H and O–H groups in total. The third-order valence-electron chi connectivity index (χ3n) is 3.74. The molecule has 2 heterocycles. The predicted octanol–water partition coefficient (Wildman–Crippen LogP) is 0.493. The highest BCUT2D eigenvalue weighted by Crippen LogP contribution is 2.24. The predicted molar refractivity (Wildman–Crippen MR) is 64.0 cm³/mol. The fourth-order valence-corrected chi connectivity index (χ4v) is 2.83. The van der Waals surface area contributed by atoms with Crippen LogP contribution < -0.4 is 5.32 Å². The number of carbonyl (C=O) groups excluding carboxylic acids is 1. The van der Waals surface area contributed by atoms with E-state index in [1.54, 1.807) is 0 Å². The molecule has 2 fully saturated rings. The summed E-state index contributed by atoms with van der Waals surface area (Å²) >= 11 is 0. The summed E-state index contributed by atoms with van der Waals surface area (Å²) in [5, 5.41) is 3.40. The number of nitrogens with zero attached hydrogens (tertiary/aromatic N) is 2. The van der Waals surface area contributed by atoms with E-state index in [-0.39, 0.29) is 18.1 Å². The summed E-state index contributed by atoms with van der Waals surface area (Å²) in [6.07, 6.45) is 1.33. The summed E-state index contributed by atoms with van der Waals surface area (Å²) in [6.45, 7) is 8.44. The number of likely N-dealkylation sites (tertiary alicyclic amines) is 1. The maximum atomic E-state index is 12.2. The third kappa shape index (κ3) is 1.96. The summed E-state index contributed by atoms with van der Waals surface area (Å²) in [6, 6.07) is 0.389. The Morgan fingerprint density at radius 2 is 2.12 bits per heavy atom. The smallest absolute Gasteiger partial charge is 0.241 e. The first kappa shape index (κ1) is 11.9. The maximum absolute atomic E-state index is 12.2. The third-order valence-corrected chi connectivity index (χ3v) is 3.74. The van der Waals surface area contributed by atoms with E-state index < -0.39 is 0 Å². The average Bonchev–Trinajstić information content (AvgIpc) is 2.73. The molecule has 2 rings (SSSR count). The molecule has 2 aliphatic heterocycles. The summed E-state index contributed by atoms with van der Waals surface area (Å²) in [5.74, 6) is 0.749. The summed E-state index contributed by atoms with van der Waals surface area (Å²) in [4.78, 5) is 16.6. The van der Waals surface area contributed by atoms with Gasteiger partial charge in [0.15, 0.2) is 0 Å². The lowest BCUT2D eigenvalue weighted by Gasteiger charge is -2.32. The van der Waals surface area contributed by atoms with Crippen molar-refractivity contribution in [3.8, 4) is 0 Å². The van der Waals surface area contributed by atoms with Crippen LogP contribution in [0.4, 0.5) is 0 Å². The molecule has 0 aromatic heterocycles. The van der Waals surface area contributed by atoms with Crippen LogP contribution in [0, 0.1) is 5.92 Å². The lowest BCUT2D eigenvalue weighted by Crippen LogP contribution is -2.48. The van der Waals surface area contributed by atoms with Gasteiger partial charge < -0.3 is 9.80 Å². The molecule has 3 atom stereocenters. The Balaban J connectivity index is 2.13. The van der Waals surface area contributed by atoms with Crippen LogP contribution in [0.5, 0.6) is 0 Å². The molecule has 4 heteroatoms. The fourth-order valence-electron chi connectivity index (χ4n) is 2.83. The molecule has 16 heavy (non-hydrogen) atoms. The van der Waals surface area contributed by atoms with Gasteiger partial charge in [-0.15, -0.1) is 0 Å². The molecule has 0 aromatic carbocycles. The van der Waals surface area contributed by atoms with Crippen LogP contribution >= 0.6 is 0 Å². The Morgan fingerprint density at radius 1 is 1.44 bits per heavy atom. The zero-order chi connectivity index (χ0) is 11.9. The van der Waals surface area contributed by atoms with E-state index >= 15 is 0 Å². The van der Waals surface area contributed by atoms with E-state index in [0.29, 0.717) is 12.0 Å². The minimum Gasteiger partial charge on any atom is -0.321 e. The lowest BCUT2D eigenvalue weighted by molar-refractivity contribution is -0.132. The molecular weight excluding hydrogens is 202 g/mol. The molecule has 3 unspecified atom stereocenters. The number of carbonyl (C=O) groups is 1. The van der Waals surface area contributed by atoms with E-state index in [0.717, 1.165) is 19.5 Å². The van der Waals surface area contributed by atoms with Crippen LogP contribution in [0.2, 0.25) is 0 Å². The SMILES string of the molecule is CC1NC(C(C)C)N(C2CCN(C)C2)C1=O. The van der Waals surface area contributed by atoms with Gasteiger partial charge >= 0.3 is 0 Å². The number of amides is 1. The van der Waals surface area contributed by atoms with Crippen LogP contribution in [0.1, 0.15) is 27.2 Å². The maximum Gasteiger partial charge on any atom is 0.241 e. The molecule has 0 saturated carbocycles. The lowest BCUT2D eigenvalue weighted by atomic mass is 10.1. The van der Waals surface area contributed by atoms with Gasteiger partial charge in [-0.2, -0.15) is 0 Å². The number of hydrogen-bond acceptors (Lipinski definition) is 3. The number of likely N-dealkylation sites (N-methyl/N-ethyl adjacent to an activating group) is 1. The second-order valence-electron chi connectivity index (χ2n) is 5.53. The second-order valence-corrected chi connectivity index (χ2v) is 5.53. The first-order valence-electron chi connectivity index (χ1n) is 6.27. The molecule has 1 amide bonds. The van der Waals surface area contributed by atoms with Crippen molar-refractivity contribution in [2.75, 3.05) is 20.1 Å². The number of nitrogens with one attached hydrogen (secondary N) is 1. The molecule has 0 spiro atoms. The van der Waals surface area contributed by atoms with Crippen molar-refractivity contribution in [1.29, 1.82) is 0 Å². The van der Waals surface area contributed by atoms with Gasteiger partial charge in [-0.3, -0.25) is 10.1 Å². The largest absolute Gasteiger partial charge is 0.321 e. The molecule has 0 bridgehead atoms. The average molecular weight is 225 g/mol. The molecule has 0 aromatic rings. The van der Waals surface area contributed by atoms with Crippen LogP contribution in [0.15, 0.2) is 0 Å². The highest BCUT2D eigenvalue weighted by atomic mass is 16.2. The van der Waals surface area contributed by atoms with Crippen molar-refractivity contribution in [2.24, 2.45) is 5.92 Å². The van der Waals surface area contributed by atoms with Crippen LogP contribution in [-0.2, 0) is 4.79 Å². The number of rotatable bonds is 2. The first-order valence-corrected chi connectivity index (χ1v) is 6.27. The number of hydrogen-bond donors (Lipinski definition) is 1. The van der Waals surface area contributed by atoms with Gasteiger partial charge in [0, 0.05) is 12.6 Å². The van der Waals surface area contributed by atoms with Crippen LogP contribution in [0.3, 0.4) is 0 Å². The van der Waals surface area contributed by atoms with Gasteiger partial charge in [0.1, 0.15) is 0 Å². The summed E-state index contributed by atoms with van der Waals surface area (Å²) in [5.41, 5.74) is 0. The van der Waals surface area contributed by atoms with Gasteiger partial charge in [0.25, 0.3) is 0 Å². The zero-order valence-electron chi connectivity index (χ0n) is 10.7. The van der Waals surface area contributed by atoms with E-state index in [1.807, 2.05) is 6.92 Å². The topological polar surface area (TPSA) is 35.6 Å². The summed E-state index contributed by atoms with van der Waals surface area (Å²) < 4.78 is 0. The van der Waals surface area contributed by atoms with Crippen molar-refractivity contribution < 1.29 is 4.79 Å². The van der Waals surface area contributed by atoms with E-state index in [1.165, 1.54) is 0 Å². The Kier molecular flexibility index (Phi) is 3.22. The molecule has 0 radical (unpaired) electrons. The van der Waals surface area contributed by atoms with Crippen molar-refractivity contribution in [2.45, 2.75) is 45.4 Å². The first-order chi connectivity index (χ1) is 7.50. The highest BCUT2D eigenvalue weighted by molar-refractivity contribution is 5.84. The minimum absolute atomic E-state index is 0.0155. The summed E-state index contributed by atoms with van der Waals surface area (Å²) in [7, 11) is 2.13. The Labute approximate surface area is 98.0 Å². The molecule has 2 aliphatic rings. The quantitative estimate of drug-likeness (QED) is 0.743. The molecular formula is C12H23N3O. The highest BCUT2D eigenvalue weighted by Gasteiger charge is 2.42. The Bertz CT molecular complexity index is 279. The van der Waals surface area contributed by atoms with Crippen molar-refractivity contribution in [3.63, 3.8) is 0 Å². The fraction of sp³-hybridized carbons (Fsp3) is 0.917. The van der Waals surface area contributed by atoms with Gasteiger partial charge in [0.05, 0.1) is 12.2 Å². The van der Waals surface area contributed by atoms with Crippen LogP contribution in [-0.4, -0.2) is 54.1 Å². The van der Waals surface area contributed by atoms with Crippen LogP contribution in [0.25, 0.3) is 0 Å². The normalized spacial score (nSPS) is 36.7. The van der Waals surface area contributed by atoms with Gasteiger partial charge in [-0.1, -0.05) is 13.8 Å². The van der Waals surface area contributed by atoms with Crippen molar-refractivity contribution >= 4 is 5.91 Å². The van der Waals surface area contributed by atoms with E-state index in [4.69, 9.17) is 0 Å². The Morgan fingerprint density at radius 3 is 2.62 bits per heavy atom. The molecule has 92 valence electrons. The molecule has 2 saturated heterocycles. The standard InChI is InChI=1S/C12H23N3O/c1-8(2)11-13-9(3)12(16)15(11)10-5-6-14(4)7-10/h8-11,13H,5-7H2,1-4H3. The van der Waals surface area contributed by atoms with Crippen molar-refractivity contribution in [3.05, 3.63) is 0 Å². The van der Waals surface area contributed by atoms with Crippen molar-refractivity contribution in [1.82, 2.24) is 15.1 Å². The van der Waals surface area contributed by atoms with Gasteiger partial charge in [-0.25, -0.2) is 0 Å². The van der Waals surface area contributed by atoms with E-state index in [9.17, 15) is 4.79 Å². The Hall–Kier alpha value is -0.610. The van der Waals surface area contributed by atoms with E-state index in [2.05, 4.69) is 36.0 Å². The molecule has 4 nitrogen and oxygen atoms in total.